The van der Waals surface area contributed by atoms with Gasteiger partial charge >= 0.3 is 11.9 Å². The molecule has 3 N–H and O–H groups in total. The van der Waals surface area contributed by atoms with E-state index >= 15 is 0 Å². The number of hydrogen-bond donors (Lipinski definition) is 3. The second-order valence-corrected chi connectivity index (χ2v) is 6.74. The molecule has 1 heterocycles. The Morgan fingerprint density at radius 3 is 2.21 bits per heavy atom. The fraction of sp³-hybridized carbons (Fsp3) is 0.529. The van der Waals surface area contributed by atoms with Crippen molar-refractivity contribution in [2.45, 2.75) is 24.7 Å². The van der Waals surface area contributed by atoms with E-state index in [9.17, 15) is 0 Å². The van der Waals surface area contributed by atoms with Crippen LogP contribution < -0.4 is 5.32 Å². The Morgan fingerprint density at radius 1 is 1.08 bits per heavy atom. The number of benzene rings is 1. The summed E-state index contributed by atoms with van der Waals surface area (Å²) >= 11 is 1.98. The van der Waals surface area contributed by atoms with E-state index in [-0.39, 0.29) is 0 Å². The second kappa shape index (κ2) is 11.9. The molecule has 134 valence electrons. The molecule has 7 heteroatoms. The molecule has 1 aliphatic heterocycles. The molecule has 1 fully saturated rings. The molecule has 0 atom stereocenters. The third kappa shape index (κ3) is 9.54. The zero-order chi connectivity index (χ0) is 17.8. The Balaban J connectivity index is 0.000000413. The highest BCUT2D eigenvalue weighted by molar-refractivity contribution is 7.99. The van der Waals surface area contributed by atoms with Crippen molar-refractivity contribution in [2.75, 3.05) is 38.5 Å². The van der Waals surface area contributed by atoms with Crippen LogP contribution in [-0.4, -0.2) is 65.5 Å². The van der Waals surface area contributed by atoms with Crippen LogP contribution in [0.2, 0.25) is 0 Å². The molecular weight excluding hydrogens is 328 g/mol. The van der Waals surface area contributed by atoms with Gasteiger partial charge in [-0.1, -0.05) is 17.7 Å². The van der Waals surface area contributed by atoms with Crippen LogP contribution in [0.5, 0.6) is 0 Å². The summed E-state index contributed by atoms with van der Waals surface area (Å²) in [6.07, 6.45) is 2.65. The van der Waals surface area contributed by atoms with Gasteiger partial charge < -0.3 is 20.4 Å². The number of piperazine rings is 1. The van der Waals surface area contributed by atoms with Gasteiger partial charge in [-0.2, -0.15) is 0 Å². The summed E-state index contributed by atoms with van der Waals surface area (Å²) < 4.78 is 0. The number of unbranched alkanes of at least 4 members (excludes halogenated alkanes) is 1. The zero-order valence-electron chi connectivity index (χ0n) is 14.0. The smallest absolute Gasteiger partial charge is 0.414 e. The molecule has 1 aliphatic rings. The first-order chi connectivity index (χ1) is 11.5. The van der Waals surface area contributed by atoms with Crippen molar-refractivity contribution in [3.05, 3.63) is 29.8 Å². The highest BCUT2D eigenvalue weighted by Gasteiger charge is 2.08. The third-order valence-electron chi connectivity index (χ3n) is 3.55. The highest BCUT2D eigenvalue weighted by Crippen LogP contribution is 2.19. The second-order valence-electron chi connectivity index (χ2n) is 5.57. The normalized spacial score (nSPS) is 14.5. The summed E-state index contributed by atoms with van der Waals surface area (Å²) in [5, 5.41) is 18.2. The van der Waals surface area contributed by atoms with Gasteiger partial charge in [-0.3, -0.25) is 0 Å². The monoisotopic (exact) mass is 354 g/mol. The lowest BCUT2D eigenvalue weighted by atomic mass is 10.2. The van der Waals surface area contributed by atoms with Crippen LogP contribution in [0, 0.1) is 6.92 Å². The maximum atomic E-state index is 9.10. The molecule has 1 aromatic rings. The number of carboxylic acids is 2. The molecule has 24 heavy (non-hydrogen) atoms. The van der Waals surface area contributed by atoms with Crippen molar-refractivity contribution in [2.24, 2.45) is 0 Å². The molecule has 0 bridgehead atoms. The summed E-state index contributed by atoms with van der Waals surface area (Å²) in [6.45, 7) is 8.20. The number of carboxylic acid groups (broad SMARTS) is 2. The topological polar surface area (TPSA) is 89.9 Å². The van der Waals surface area contributed by atoms with Crippen molar-refractivity contribution in [3.8, 4) is 0 Å². The van der Waals surface area contributed by atoms with E-state index in [2.05, 4.69) is 41.4 Å². The van der Waals surface area contributed by atoms with Gasteiger partial charge in [0.25, 0.3) is 0 Å². The molecule has 1 aromatic carbocycles. The molecule has 0 amide bonds. The fourth-order valence-corrected chi connectivity index (χ4v) is 3.11. The number of carbonyl (C=O) groups is 2. The number of rotatable bonds is 6. The first kappa shape index (κ1) is 20.5. The molecule has 0 radical (unpaired) electrons. The number of hydrogen-bond acceptors (Lipinski definition) is 5. The minimum Gasteiger partial charge on any atom is -0.473 e. The molecule has 1 saturated heterocycles. The Hall–Kier alpha value is -1.57. The maximum Gasteiger partial charge on any atom is 0.414 e. The van der Waals surface area contributed by atoms with Crippen LogP contribution in [0.1, 0.15) is 18.4 Å². The SMILES string of the molecule is Cc1ccc(SCCCCN2CCNCC2)cc1.O=C(O)C(=O)O. The quantitative estimate of drug-likeness (QED) is 0.408. The van der Waals surface area contributed by atoms with Crippen LogP contribution >= 0.6 is 11.8 Å². The lowest BCUT2D eigenvalue weighted by molar-refractivity contribution is -0.159. The van der Waals surface area contributed by atoms with E-state index in [1.165, 1.54) is 48.7 Å². The van der Waals surface area contributed by atoms with Crippen molar-refractivity contribution in [1.82, 2.24) is 10.2 Å². The maximum absolute atomic E-state index is 9.10. The summed E-state index contributed by atoms with van der Waals surface area (Å²) in [7, 11) is 0. The molecule has 0 spiro atoms. The van der Waals surface area contributed by atoms with Crippen LogP contribution in [0.15, 0.2) is 29.2 Å². The van der Waals surface area contributed by atoms with Crippen LogP contribution in [0.4, 0.5) is 0 Å². The Labute approximate surface area is 147 Å². The summed E-state index contributed by atoms with van der Waals surface area (Å²) in [5.41, 5.74) is 1.35. The summed E-state index contributed by atoms with van der Waals surface area (Å²) in [4.78, 5) is 22.2. The van der Waals surface area contributed by atoms with E-state index in [1.54, 1.807) is 0 Å². The fourth-order valence-electron chi connectivity index (χ4n) is 2.20. The molecule has 6 nitrogen and oxygen atoms in total. The molecule has 0 aromatic heterocycles. The van der Waals surface area contributed by atoms with E-state index in [0.29, 0.717) is 0 Å². The van der Waals surface area contributed by atoms with Crippen molar-refractivity contribution < 1.29 is 19.8 Å². The molecule has 2 rings (SSSR count). The number of nitrogens with one attached hydrogen (secondary N) is 1. The van der Waals surface area contributed by atoms with Gasteiger partial charge in [0.15, 0.2) is 0 Å². The summed E-state index contributed by atoms with van der Waals surface area (Å²) in [5.74, 6) is -2.40. The van der Waals surface area contributed by atoms with Gasteiger partial charge in [0, 0.05) is 31.1 Å². The van der Waals surface area contributed by atoms with Gasteiger partial charge in [-0.05, 0) is 44.2 Å². The van der Waals surface area contributed by atoms with Gasteiger partial charge in [-0.15, -0.1) is 11.8 Å². The lowest BCUT2D eigenvalue weighted by Gasteiger charge is -2.26. The third-order valence-corrected chi connectivity index (χ3v) is 4.65. The zero-order valence-corrected chi connectivity index (χ0v) is 14.8. The number of thioether (sulfide) groups is 1. The lowest BCUT2D eigenvalue weighted by Crippen LogP contribution is -2.43. The van der Waals surface area contributed by atoms with Crippen LogP contribution in [0.25, 0.3) is 0 Å². The minimum absolute atomic E-state index is 1.16. The van der Waals surface area contributed by atoms with Crippen molar-refractivity contribution in [1.29, 1.82) is 0 Å². The first-order valence-electron chi connectivity index (χ1n) is 8.08. The molecule has 0 unspecified atom stereocenters. The minimum atomic E-state index is -1.82. The van der Waals surface area contributed by atoms with Crippen molar-refractivity contribution >= 4 is 23.7 Å². The van der Waals surface area contributed by atoms with Crippen molar-refractivity contribution in [3.63, 3.8) is 0 Å². The van der Waals surface area contributed by atoms with E-state index < -0.39 is 11.9 Å². The predicted molar refractivity (Wildman–Crippen MR) is 95.7 cm³/mol. The van der Waals surface area contributed by atoms with E-state index in [1.807, 2.05) is 11.8 Å². The van der Waals surface area contributed by atoms with Gasteiger partial charge in [0.2, 0.25) is 0 Å². The largest absolute Gasteiger partial charge is 0.473 e. The average molecular weight is 354 g/mol. The number of nitrogens with zero attached hydrogens (tertiary/aromatic N) is 1. The standard InChI is InChI=1S/C15H24N2S.C2H2O4/c1-14-4-6-15(7-5-14)18-13-3-2-10-17-11-8-16-9-12-17;3-1(4)2(5)6/h4-7,16H,2-3,8-13H2,1H3;(H,3,4)(H,5,6). The van der Waals surface area contributed by atoms with E-state index in [4.69, 9.17) is 19.8 Å². The molecule has 0 aliphatic carbocycles. The van der Waals surface area contributed by atoms with Gasteiger partial charge in [-0.25, -0.2) is 9.59 Å². The van der Waals surface area contributed by atoms with Gasteiger partial charge in [0.05, 0.1) is 0 Å². The Morgan fingerprint density at radius 2 is 1.67 bits per heavy atom. The Kier molecular flexibility index (Phi) is 10.1. The van der Waals surface area contributed by atoms with E-state index in [0.717, 1.165) is 13.1 Å². The summed E-state index contributed by atoms with van der Waals surface area (Å²) in [6, 6.07) is 8.86. The predicted octanol–water partition coefficient (Wildman–Crippen LogP) is 1.93. The highest BCUT2D eigenvalue weighted by atomic mass is 32.2. The molecule has 0 saturated carbocycles. The average Bonchev–Trinajstić information content (AvgIpc) is 2.58. The van der Waals surface area contributed by atoms with Crippen LogP contribution in [-0.2, 0) is 9.59 Å². The number of aliphatic carboxylic acids is 2. The Bertz CT molecular complexity index is 490. The molecular formula is C17H26N2O4S. The van der Waals surface area contributed by atoms with Crippen LogP contribution in [0.3, 0.4) is 0 Å². The first-order valence-corrected chi connectivity index (χ1v) is 9.06. The van der Waals surface area contributed by atoms with Gasteiger partial charge in [0.1, 0.15) is 0 Å². The number of aryl methyl sites for hydroxylation is 1.